The number of ether oxygens (including phenoxy) is 1. The number of esters is 1. The number of carbonyl (C=O) groups excluding carboxylic acids is 1. The first-order valence-corrected chi connectivity index (χ1v) is 10.2. The maximum absolute atomic E-state index is 12.4. The molecule has 154 valence electrons. The number of rotatable bonds is 5. The van der Waals surface area contributed by atoms with Crippen molar-refractivity contribution in [3.8, 4) is 0 Å². The number of aryl methyl sites for hydroxylation is 1. The molecule has 0 amide bonds. The molecule has 0 atom stereocenters. The maximum Gasteiger partial charge on any atom is 0.419 e. The molecule has 0 aliphatic rings. The largest absolute Gasteiger partial charge is 0.459 e. The second-order valence-corrected chi connectivity index (χ2v) is 7.60. The molecule has 5 aromatic rings. The number of oxazole rings is 1. The summed E-state index contributed by atoms with van der Waals surface area (Å²) in [6.07, 6.45) is 0.0304. The van der Waals surface area contributed by atoms with E-state index in [0.717, 1.165) is 21.7 Å². The van der Waals surface area contributed by atoms with E-state index in [2.05, 4.69) is 4.98 Å². The number of nitrogens with zero attached hydrogens (tertiary/aromatic N) is 2. The van der Waals surface area contributed by atoms with Gasteiger partial charge in [-0.25, -0.2) is 9.78 Å². The quantitative estimate of drug-likeness (QED) is 0.286. The van der Waals surface area contributed by atoms with Gasteiger partial charge in [0.05, 0.1) is 23.1 Å². The summed E-state index contributed by atoms with van der Waals surface area (Å²) in [7, 11) is 0. The molecule has 0 bridgehead atoms. The summed E-state index contributed by atoms with van der Waals surface area (Å²) < 4.78 is 12.1. The van der Waals surface area contributed by atoms with Crippen LogP contribution in [0.5, 0.6) is 0 Å². The molecular weight excluding hydrogens is 416 g/mol. The SMILES string of the molecule is O=C(CCn1c(=O)oc2cc(Cl)ccc21)OCc1nc2ccccc2c2ccccc12. The standard InChI is InChI=1S/C24H17ClN2O4/c25-15-9-10-21-22(13-15)31-24(29)27(21)12-11-23(28)30-14-20-18-7-2-1-5-16(18)17-6-3-4-8-19(17)26-20/h1-10,13H,11-12,14H2. The van der Waals surface area contributed by atoms with Crippen LogP contribution in [-0.4, -0.2) is 15.5 Å². The van der Waals surface area contributed by atoms with Crippen molar-refractivity contribution in [1.82, 2.24) is 9.55 Å². The molecule has 0 N–H and O–H groups in total. The van der Waals surface area contributed by atoms with Crippen LogP contribution < -0.4 is 5.76 Å². The smallest absolute Gasteiger partial charge is 0.419 e. The van der Waals surface area contributed by atoms with Gasteiger partial charge in [-0.1, -0.05) is 54.1 Å². The summed E-state index contributed by atoms with van der Waals surface area (Å²) in [4.78, 5) is 29.2. The average Bonchev–Trinajstić information content (AvgIpc) is 3.09. The molecule has 0 aliphatic carbocycles. The minimum absolute atomic E-state index is 0.0304. The molecule has 2 aromatic heterocycles. The molecule has 7 heteroatoms. The van der Waals surface area contributed by atoms with Crippen LogP contribution in [0.1, 0.15) is 12.1 Å². The molecule has 5 rings (SSSR count). The van der Waals surface area contributed by atoms with E-state index in [1.165, 1.54) is 4.57 Å². The van der Waals surface area contributed by atoms with Gasteiger partial charge < -0.3 is 9.15 Å². The summed E-state index contributed by atoms with van der Waals surface area (Å²) in [5.74, 6) is -0.957. The van der Waals surface area contributed by atoms with E-state index in [9.17, 15) is 9.59 Å². The zero-order valence-corrected chi connectivity index (χ0v) is 17.1. The van der Waals surface area contributed by atoms with E-state index in [0.29, 0.717) is 21.8 Å². The van der Waals surface area contributed by atoms with Crippen LogP contribution in [0.4, 0.5) is 0 Å². The normalized spacial score (nSPS) is 11.4. The van der Waals surface area contributed by atoms with Crippen LogP contribution in [0.15, 0.2) is 75.9 Å². The van der Waals surface area contributed by atoms with Crippen LogP contribution in [0.3, 0.4) is 0 Å². The van der Waals surface area contributed by atoms with Crippen molar-refractivity contribution >= 4 is 50.3 Å². The Balaban J connectivity index is 1.34. The number of carbonyl (C=O) groups is 1. The Morgan fingerprint density at radius 3 is 2.58 bits per heavy atom. The van der Waals surface area contributed by atoms with Crippen LogP contribution in [0.2, 0.25) is 5.02 Å². The lowest BCUT2D eigenvalue weighted by Crippen LogP contribution is -2.17. The first kappa shape index (κ1) is 19.3. The van der Waals surface area contributed by atoms with Gasteiger partial charge >= 0.3 is 11.7 Å². The predicted molar refractivity (Wildman–Crippen MR) is 119 cm³/mol. The minimum atomic E-state index is -0.535. The number of benzene rings is 3. The minimum Gasteiger partial charge on any atom is -0.459 e. The second-order valence-electron chi connectivity index (χ2n) is 7.16. The summed E-state index contributed by atoms with van der Waals surface area (Å²) in [6.45, 7) is 0.207. The first-order chi connectivity index (χ1) is 15.1. The summed E-state index contributed by atoms with van der Waals surface area (Å²) in [5, 5.41) is 3.54. The van der Waals surface area contributed by atoms with Crippen LogP contribution in [0.25, 0.3) is 32.8 Å². The van der Waals surface area contributed by atoms with Crippen molar-refractivity contribution in [2.45, 2.75) is 19.6 Å². The Morgan fingerprint density at radius 1 is 1.00 bits per heavy atom. The molecule has 0 saturated carbocycles. The third-order valence-corrected chi connectivity index (χ3v) is 5.46. The van der Waals surface area contributed by atoms with Crippen LogP contribution in [0, 0.1) is 0 Å². The summed E-state index contributed by atoms with van der Waals surface area (Å²) >= 11 is 5.93. The maximum atomic E-state index is 12.4. The predicted octanol–water partition coefficient (Wildman–Crippen LogP) is 5.08. The van der Waals surface area contributed by atoms with Gasteiger partial charge in [0.25, 0.3) is 0 Å². The van der Waals surface area contributed by atoms with Crippen molar-refractivity contribution in [3.05, 3.63) is 88.0 Å². The van der Waals surface area contributed by atoms with Gasteiger partial charge in [-0.2, -0.15) is 0 Å². The van der Waals surface area contributed by atoms with Gasteiger partial charge in [-0.3, -0.25) is 9.36 Å². The Kier molecular flexibility index (Phi) is 4.92. The van der Waals surface area contributed by atoms with Gasteiger partial charge in [-0.05, 0) is 23.6 Å². The lowest BCUT2D eigenvalue weighted by atomic mass is 10.0. The zero-order valence-electron chi connectivity index (χ0n) is 16.4. The Morgan fingerprint density at radius 2 is 1.74 bits per heavy atom. The number of hydrogen-bond donors (Lipinski definition) is 0. The van der Waals surface area contributed by atoms with E-state index in [1.54, 1.807) is 18.2 Å². The van der Waals surface area contributed by atoms with Crippen molar-refractivity contribution in [3.63, 3.8) is 0 Å². The van der Waals surface area contributed by atoms with E-state index in [-0.39, 0.29) is 19.6 Å². The highest BCUT2D eigenvalue weighted by molar-refractivity contribution is 6.31. The molecule has 3 aromatic carbocycles. The highest BCUT2D eigenvalue weighted by Crippen LogP contribution is 2.26. The van der Waals surface area contributed by atoms with Crippen molar-refractivity contribution in [1.29, 1.82) is 0 Å². The molecule has 0 spiro atoms. The lowest BCUT2D eigenvalue weighted by Gasteiger charge is -2.10. The Hall–Kier alpha value is -3.64. The third-order valence-electron chi connectivity index (χ3n) is 5.23. The molecule has 0 unspecified atom stereocenters. The van der Waals surface area contributed by atoms with E-state index in [1.807, 2.05) is 48.5 Å². The first-order valence-electron chi connectivity index (χ1n) is 9.81. The number of para-hydroxylation sites is 1. The average molecular weight is 433 g/mol. The molecule has 31 heavy (non-hydrogen) atoms. The zero-order chi connectivity index (χ0) is 21.4. The molecule has 0 fully saturated rings. The monoisotopic (exact) mass is 432 g/mol. The molecule has 0 saturated heterocycles. The topological polar surface area (TPSA) is 74.3 Å². The van der Waals surface area contributed by atoms with Crippen molar-refractivity contribution < 1.29 is 13.9 Å². The van der Waals surface area contributed by atoms with Gasteiger partial charge in [0, 0.05) is 28.4 Å². The number of hydrogen-bond acceptors (Lipinski definition) is 5. The van der Waals surface area contributed by atoms with Crippen molar-refractivity contribution in [2.75, 3.05) is 0 Å². The summed E-state index contributed by atoms with van der Waals surface area (Å²) in [5.41, 5.74) is 2.52. The van der Waals surface area contributed by atoms with Gasteiger partial charge in [0.2, 0.25) is 0 Å². The van der Waals surface area contributed by atoms with Gasteiger partial charge in [-0.15, -0.1) is 0 Å². The fourth-order valence-corrected chi connectivity index (χ4v) is 3.92. The molecular formula is C24H17ClN2O4. The van der Waals surface area contributed by atoms with E-state index in [4.69, 9.17) is 20.8 Å². The number of halogens is 1. The van der Waals surface area contributed by atoms with Gasteiger partial charge in [0.15, 0.2) is 5.58 Å². The van der Waals surface area contributed by atoms with Gasteiger partial charge in [0.1, 0.15) is 6.61 Å². The molecule has 0 radical (unpaired) electrons. The molecule has 0 aliphatic heterocycles. The molecule has 6 nitrogen and oxygen atoms in total. The van der Waals surface area contributed by atoms with Crippen LogP contribution in [-0.2, 0) is 22.7 Å². The Labute approximate surface area is 181 Å². The second kappa shape index (κ2) is 7.89. The lowest BCUT2D eigenvalue weighted by molar-refractivity contribution is -0.145. The summed E-state index contributed by atoms with van der Waals surface area (Å²) in [6, 6.07) is 20.7. The highest BCUT2D eigenvalue weighted by Gasteiger charge is 2.14. The number of pyridine rings is 1. The van der Waals surface area contributed by atoms with E-state index < -0.39 is 11.7 Å². The third kappa shape index (κ3) is 3.66. The van der Waals surface area contributed by atoms with Crippen molar-refractivity contribution in [2.24, 2.45) is 0 Å². The Bertz CT molecular complexity index is 1500. The fraction of sp³-hybridized carbons (Fsp3) is 0.125. The van der Waals surface area contributed by atoms with Crippen LogP contribution >= 0.6 is 11.6 Å². The number of fused-ring (bicyclic) bond motifs is 4. The van der Waals surface area contributed by atoms with E-state index >= 15 is 0 Å². The fourth-order valence-electron chi connectivity index (χ4n) is 3.76. The highest BCUT2D eigenvalue weighted by atomic mass is 35.5. The number of aromatic nitrogens is 2. The molecule has 2 heterocycles.